The van der Waals surface area contributed by atoms with Crippen molar-refractivity contribution in [2.75, 3.05) is 0 Å². The van der Waals surface area contributed by atoms with Crippen molar-refractivity contribution in [1.82, 2.24) is 0 Å². The first-order valence-electron chi connectivity index (χ1n) is 5.50. The van der Waals surface area contributed by atoms with Crippen molar-refractivity contribution in [1.29, 1.82) is 0 Å². The molecule has 4 heteroatoms. The van der Waals surface area contributed by atoms with Crippen LogP contribution in [-0.4, -0.2) is 21.9 Å². The van der Waals surface area contributed by atoms with E-state index >= 15 is 0 Å². The Hall–Kier alpha value is -1.16. The number of hydrogen-bond acceptors (Lipinski definition) is 3. The normalized spacial score (nSPS) is 11.6. The fourth-order valence-electron chi connectivity index (χ4n) is 1.20. The molecule has 0 bridgehead atoms. The van der Waals surface area contributed by atoms with E-state index in [1.165, 1.54) is 11.8 Å². The lowest BCUT2D eigenvalue weighted by atomic mass is 10.2. The zero-order valence-electron chi connectivity index (χ0n) is 10.6. The van der Waals surface area contributed by atoms with Gasteiger partial charge < -0.3 is 9.84 Å². The van der Waals surface area contributed by atoms with Gasteiger partial charge in [0.25, 0.3) is 0 Å². The van der Waals surface area contributed by atoms with Gasteiger partial charge >= 0.3 is 5.97 Å². The van der Waals surface area contributed by atoms with Gasteiger partial charge in [-0.1, -0.05) is 0 Å². The minimum atomic E-state index is -0.819. The average Bonchev–Trinajstić information content (AvgIpc) is 2.19. The summed E-state index contributed by atoms with van der Waals surface area (Å²) < 4.78 is 4.70. The number of hydrogen-bond donors (Lipinski definition) is 1. The number of benzene rings is 1. The summed E-state index contributed by atoms with van der Waals surface area (Å²) in [6.45, 7) is 7.32. The molecule has 1 rings (SSSR count). The molecule has 0 aliphatic heterocycles. The van der Waals surface area contributed by atoms with Crippen LogP contribution in [0.4, 0.5) is 0 Å². The number of ether oxygens (including phenoxy) is 1. The monoisotopic (exact) mass is 254 g/mol. The molecule has 1 aromatic rings. The lowest BCUT2D eigenvalue weighted by Crippen LogP contribution is -2.26. The van der Waals surface area contributed by atoms with Crippen molar-refractivity contribution in [3.8, 4) is 5.75 Å². The summed E-state index contributed by atoms with van der Waals surface area (Å²) in [6.07, 6.45) is 0.143. The molecule has 0 radical (unpaired) electrons. The van der Waals surface area contributed by atoms with Crippen molar-refractivity contribution in [3.63, 3.8) is 0 Å². The third-order valence-electron chi connectivity index (χ3n) is 2.08. The maximum absolute atomic E-state index is 11.0. The Balaban J connectivity index is 2.72. The minimum absolute atomic E-state index is 0.143. The highest BCUT2D eigenvalue weighted by Gasteiger charge is 2.28. The fraction of sp³-hybridized carbons (Fsp3) is 0.462. The second-order valence-corrected chi connectivity index (χ2v) is 6.25. The van der Waals surface area contributed by atoms with Crippen LogP contribution in [0.15, 0.2) is 29.2 Å². The van der Waals surface area contributed by atoms with Gasteiger partial charge in [0.1, 0.15) is 10.5 Å². The first-order chi connectivity index (χ1) is 7.81. The van der Waals surface area contributed by atoms with Crippen LogP contribution in [0.3, 0.4) is 0 Å². The summed E-state index contributed by atoms with van der Waals surface area (Å²) in [5.74, 6) is -0.0116. The molecule has 0 amide bonds. The van der Waals surface area contributed by atoms with Crippen LogP contribution >= 0.6 is 11.8 Å². The summed E-state index contributed by atoms with van der Waals surface area (Å²) in [5.41, 5.74) is 0. The molecule has 0 saturated heterocycles. The maximum atomic E-state index is 11.0. The van der Waals surface area contributed by atoms with E-state index in [-0.39, 0.29) is 6.10 Å². The second kappa shape index (κ2) is 5.45. The number of rotatable bonds is 5. The summed E-state index contributed by atoms with van der Waals surface area (Å²) in [4.78, 5) is 11.9. The molecule has 1 N–H and O–H groups in total. The van der Waals surface area contributed by atoms with Crippen LogP contribution in [0.5, 0.6) is 5.75 Å². The van der Waals surface area contributed by atoms with Crippen LogP contribution in [0.25, 0.3) is 0 Å². The third kappa shape index (κ3) is 4.30. The quantitative estimate of drug-likeness (QED) is 0.818. The molecule has 0 heterocycles. The molecule has 0 fully saturated rings. The van der Waals surface area contributed by atoms with E-state index in [4.69, 9.17) is 9.84 Å². The summed E-state index contributed by atoms with van der Waals surface area (Å²) >= 11 is 1.33. The van der Waals surface area contributed by atoms with Gasteiger partial charge in [-0.05, 0) is 52.0 Å². The van der Waals surface area contributed by atoms with Crippen molar-refractivity contribution in [2.24, 2.45) is 0 Å². The fourth-order valence-corrected chi connectivity index (χ4v) is 2.15. The summed E-state index contributed by atoms with van der Waals surface area (Å²) in [5, 5.41) is 9.03. The predicted octanol–water partition coefficient (Wildman–Crippen LogP) is 3.43. The number of thioether (sulfide) groups is 1. The van der Waals surface area contributed by atoms with Crippen molar-refractivity contribution >= 4 is 17.7 Å². The highest BCUT2D eigenvalue weighted by molar-refractivity contribution is 8.01. The smallest absolute Gasteiger partial charge is 0.319 e. The Morgan fingerprint density at radius 1 is 1.29 bits per heavy atom. The van der Waals surface area contributed by atoms with Gasteiger partial charge in [-0.15, -0.1) is 11.8 Å². The first kappa shape index (κ1) is 13.9. The molecule has 94 valence electrons. The van der Waals surface area contributed by atoms with Gasteiger partial charge in [0.15, 0.2) is 0 Å². The van der Waals surface area contributed by atoms with Crippen molar-refractivity contribution in [2.45, 2.75) is 43.4 Å². The minimum Gasteiger partial charge on any atom is -0.491 e. The Kier molecular flexibility index (Phi) is 4.46. The van der Waals surface area contributed by atoms with E-state index in [1.807, 2.05) is 38.1 Å². The Morgan fingerprint density at radius 2 is 1.82 bits per heavy atom. The first-order valence-corrected chi connectivity index (χ1v) is 6.32. The number of aliphatic carboxylic acids is 1. The molecule has 0 unspecified atom stereocenters. The Morgan fingerprint density at radius 3 is 2.24 bits per heavy atom. The molecule has 0 aliphatic rings. The highest BCUT2D eigenvalue weighted by Crippen LogP contribution is 2.33. The standard InChI is InChI=1S/C13H18O3S/c1-9(2)16-10-5-7-11(8-6-10)17-13(3,4)12(14)15/h5-9H,1-4H3,(H,14,15). The molecule has 0 aliphatic carbocycles. The van der Waals surface area contributed by atoms with Gasteiger partial charge in [-0.2, -0.15) is 0 Å². The molecule has 0 aromatic heterocycles. The van der Waals surface area contributed by atoms with E-state index in [2.05, 4.69) is 0 Å². The second-order valence-electron chi connectivity index (χ2n) is 4.56. The molecular weight excluding hydrogens is 236 g/mol. The lowest BCUT2D eigenvalue weighted by molar-refractivity contribution is -0.138. The highest BCUT2D eigenvalue weighted by atomic mass is 32.2. The largest absolute Gasteiger partial charge is 0.491 e. The number of carboxylic acid groups (broad SMARTS) is 1. The number of carbonyl (C=O) groups is 1. The SMILES string of the molecule is CC(C)Oc1ccc(SC(C)(C)C(=O)O)cc1. The molecule has 0 saturated carbocycles. The van der Waals surface area contributed by atoms with Gasteiger partial charge in [0, 0.05) is 4.90 Å². The van der Waals surface area contributed by atoms with Gasteiger partial charge in [-0.3, -0.25) is 4.79 Å². The van der Waals surface area contributed by atoms with Crippen molar-refractivity contribution < 1.29 is 14.6 Å². The van der Waals surface area contributed by atoms with Crippen LogP contribution in [0.1, 0.15) is 27.7 Å². The van der Waals surface area contributed by atoms with E-state index in [0.717, 1.165) is 10.6 Å². The van der Waals surface area contributed by atoms with Crippen LogP contribution in [-0.2, 0) is 4.79 Å². The topological polar surface area (TPSA) is 46.5 Å². The predicted molar refractivity (Wildman–Crippen MR) is 69.8 cm³/mol. The average molecular weight is 254 g/mol. The zero-order valence-corrected chi connectivity index (χ0v) is 11.4. The maximum Gasteiger partial charge on any atom is 0.319 e. The molecule has 0 spiro atoms. The molecular formula is C13H18O3S. The Bertz CT molecular complexity index is 382. The van der Waals surface area contributed by atoms with Crippen LogP contribution in [0, 0.1) is 0 Å². The van der Waals surface area contributed by atoms with Gasteiger partial charge in [0.2, 0.25) is 0 Å². The van der Waals surface area contributed by atoms with E-state index in [0.29, 0.717) is 0 Å². The van der Waals surface area contributed by atoms with E-state index < -0.39 is 10.7 Å². The summed E-state index contributed by atoms with van der Waals surface area (Å²) in [6, 6.07) is 7.49. The molecule has 0 atom stereocenters. The number of carboxylic acids is 1. The molecule has 3 nitrogen and oxygen atoms in total. The van der Waals surface area contributed by atoms with Crippen LogP contribution in [0.2, 0.25) is 0 Å². The van der Waals surface area contributed by atoms with Gasteiger partial charge in [-0.25, -0.2) is 0 Å². The van der Waals surface area contributed by atoms with E-state index in [9.17, 15) is 4.79 Å². The van der Waals surface area contributed by atoms with E-state index in [1.54, 1.807) is 13.8 Å². The van der Waals surface area contributed by atoms with Gasteiger partial charge in [0.05, 0.1) is 6.10 Å². The zero-order chi connectivity index (χ0) is 13.1. The lowest BCUT2D eigenvalue weighted by Gasteiger charge is -2.18. The molecule has 17 heavy (non-hydrogen) atoms. The third-order valence-corrected chi connectivity index (χ3v) is 3.28. The van der Waals surface area contributed by atoms with Crippen LogP contribution < -0.4 is 4.74 Å². The molecule has 1 aromatic carbocycles. The Labute approximate surface area is 106 Å². The van der Waals surface area contributed by atoms with Crippen molar-refractivity contribution in [3.05, 3.63) is 24.3 Å². The summed E-state index contributed by atoms with van der Waals surface area (Å²) in [7, 11) is 0.